The van der Waals surface area contributed by atoms with Gasteiger partial charge in [0.15, 0.2) is 0 Å². The van der Waals surface area contributed by atoms with E-state index in [9.17, 15) is 0 Å². The maximum absolute atomic E-state index is 8.89. The number of carboxylic acids is 1. The molecule has 0 radical (unpaired) electrons. The van der Waals surface area contributed by atoms with Crippen molar-refractivity contribution in [1.29, 1.82) is 0 Å². The summed E-state index contributed by atoms with van der Waals surface area (Å²) in [5.74, 6) is -1.08. The van der Waals surface area contributed by atoms with Crippen LogP contribution >= 0.6 is 0 Å². The van der Waals surface area contributed by atoms with E-state index in [-0.39, 0.29) is 0 Å². The van der Waals surface area contributed by atoms with Crippen LogP contribution in [-0.4, -0.2) is 37.6 Å². The van der Waals surface area contributed by atoms with Gasteiger partial charge in [-0.1, -0.05) is 6.92 Å². The van der Waals surface area contributed by atoms with Crippen molar-refractivity contribution in [2.45, 2.75) is 27.2 Å². The topological polar surface area (TPSA) is 40.1 Å². The lowest BCUT2D eigenvalue weighted by Gasteiger charge is -2.27. The Labute approximate surface area is 75.6 Å². The molecule has 0 N–H and O–H groups in total. The van der Waals surface area contributed by atoms with Crippen molar-refractivity contribution in [2.24, 2.45) is 0 Å². The van der Waals surface area contributed by atoms with Crippen LogP contribution in [0, 0.1) is 0 Å². The summed E-state index contributed by atoms with van der Waals surface area (Å²) in [6, 6.07) is 0. The van der Waals surface area contributed by atoms with E-state index in [0.29, 0.717) is 0 Å². The Kier molecular flexibility index (Phi) is 8.27. The number of carbonyl (C=O) groups is 1. The molecule has 0 spiro atoms. The quantitative estimate of drug-likeness (QED) is 0.577. The average Bonchev–Trinajstić information content (AvgIpc) is 1.86. The van der Waals surface area contributed by atoms with Gasteiger partial charge < -0.3 is 14.4 Å². The van der Waals surface area contributed by atoms with Gasteiger partial charge in [-0.2, -0.15) is 0 Å². The molecule has 0 aliphatic carbocycles. The van der Waals surface area contributed by atoms with Crippen LogP contribution in [0.5, 0.6) is 0 Å². The maximum Gasteiger partial charge on any atom is 0.0779 e. The second-order valence-corrected chi connectivity index (χ2v) is 3.47. The zero-order valence-electron chi connectivity index (χ0n) is 8.89. The van der Waals surface area contributed by atoms with Gasteiger partial charge >= 0.3 is 0 Å². The molecule has 0 saturated heterocycles. The number of hydrogen-bond donors (Lipinski definition) is 0. The van der Waals surface area contributed by atoms with Crippen LogP contribution in [0.25, 0.3) is 0 Å². The molecule has 0 saturated carbocycles. The van der Waals surface area contributed by atoms with Gasteiger partial charge in [0, 0.05) is 5.97 Å². The van der Waals surface area contributed by atoms with E-state index in [4.69, 9.17) is 9.90 Å². The molecule has 0 atom stereocenters. The van der Waals surface area contributed by atoms with E-state index in [2.05, 4.69) is 27.9 Å². The van der Waals surface area contributed by atoms with Crippen molar-refractivity contribution in [3.8, 4) is 0 Å². The molecule has 0 aliphatic rings. The summed E-state index contributed by atoms with van der Waals surface area (Å²) in [5.41, 5.74) is 0. The summed E-state index contributed by atoms with van der Waals surface area (Å²) < 4.78 is 1.16. The normalized spacial score (nSPS) is 10.1. The molecule has 0 bridgehead atoms. The molecule has 3 heteroatoms. The largest absolute Gasteiger partial charge is 0.550 e. The van der Waals surface area contributed by atoms with Crippen molar-refractivity contribution in [3.63, 3.8) is 0 Å². The first-order valence-corrected chi connectivity index (χ1v) is 4.35. The minimum atomic E-state index is -1.08. The molecule has 0 aromatic rings. The smallest absolute Gasteiger partial charge is 0.0779 e. The molecular weight excluding hydrogens is 154 g/mol. The summed E-state index contributed by atoms with van der Waals surface area (Å²) >= 11 is 0. The van der Waals surface area contributed by atoms with Crippen LogP contribution in [0.3, 0.4) is 0 Å². The Bertz CT molecular complexity index is 118. The molecule has 3 nitrogen and oxygen atoms in total. The van der Waals surface area contributed by atoms with Gasteiger partial charge in [0.25, 0.3) is 0 Å². The Morgan fingerprint density at radius 1 is 1.33 bits per heavy atom. The number of hydrogen-bond acceptors (Lipinski definition) is 2. The highest BCUT2D eigenvalue weighted by Gasteiger charge is 2.07. The third-order valence-electron chi connectivity index (χ3n) is 1.68. The SMILES string of the molecule is CC(=O)[O-].CCC[N+](C)(C)CC. The van der Waals surface area contributed by atoms with Crippen LogP contribution < -0.4 is 5.11 Å². The number of quaternary nitrogens is 1. The van der Waals surface area contributed by atoms with Crippen LogP contribution in [0.15, 0.2) is 0 Å². The highest BCUT2D eigenvalue weighted by molar-refractivity contribution is 5.60. The third-order valence-corrected chi connectivity index (χ3v) is 1.68. The first kappa shape index (κ1) is 14.0. The standard InChI is InChI=1S/C7H18N.C2H4O2/c1-5-7-8(3,4)6-2;1-2(3)4/h5-7H2,1-4H3;1H3,(H,3,4)/q+1;/p-1. The Hall–Kier alpha value is -0.570. The Balaban J connectivity index is 0. The minimum absolute atomic E-state index is 0.972. The fraction of sp³-hybridized carbons (Fsp3) is 0.889. The lowest BCUT2D eigenvalue weighted by atomic mass is 10.4. The molecular formula is C9H21NO2. The summed E-state index contributed by atoms with van der Waals surface area (Å²) in [4.78, 5) is 8.89. The second kappa shape index (κ2) is 7.10. The number of rotatable bonds is 3. The van der Waals surface area contributed by atoms with Crippen LogP contribution in [0.2, 0.25) is 0 Å². The lowest BCUT2D eigenvalue weighted by molar-refractivity contribution is -0.888. The molecule has 0 amide bonds. The van der Waals surface area contributed by atoms with E-state index in [0.717, 1.165) is 11.4 Å². The minimum Gasteiger partial charge on any atom is -0.550 e. The number of carbonyl (C=O) groups excluding carboxylic acids is 1. The summed E-state index contributed by atoms with van der Waals surface area (Å²) in [7, 11) is 4.53. The van der Waals surface area contributed by atoms with E-state index >= 15 is 0 Å². The molecule has 0 rings (SSSR count). The number of nitrogens with zero attached hydrogens (tertiary/aromatic N) is 1. The van der Waals surface area contributed by atoms with Crippen LogP contribution in [-0.2, 0) is 4.79 Å². The van der Waals surface area contributed by atoms with Gasteiger partial charge in [-0.3, -0.25) is 0 Å². The molecule has 0 heterocycles. The summed E-state index contributed by atoms with van der Waals surface area (Å²) in [6.45, 7) is 7.98. The molecule has 0 aromatic heterocycles. The predicted molar refractivity (Wildman–Crippen MR) is 48.5 cm³/mol. The van der Waals surface area contributed by atoms with Gasteiger partial charge in [0.05, 0.1) is 27.2 Å². The average molecular weight is 175 g/mol. The molecule has 0 aliphatic heterocycles. The number of aliphatic carboxylic acids is 1. The van der Waals surface area contributed by atoms with E-state index in [1.165, 1.54) is 19.5 Å². The van der Waals surface area contributed by atoms with Gasteiger partial charge in [0.2, 0.25) is 0 Å². The van der Waals surface area contributed by atoms with Crippen molar-refractivity contribution in [1.82, 2.24) is 0 Å². The molecule has 74 valence electrons. The second-order valence-electron chi connectivity index (χ2n) is 3.47. The summed E-state index contributed by atoms with van der Waals surface area (Å²) in [6.07, 6.45) is 1.29. The van der Waals surface area contributed by atoms with Crippen LogP contribution in [0.1, 0.15) is 27.2 Å². The monoisotopic (exact) mass is 175 g/mol. The van der Waals surface area contributed by atoms with Gasteiger partial charge in [-0.15, -0.1) is 0 Å². The van der Waals surface area contributed by atoms with Crippen LogP contribution in [0.4, 0.5) is 0 Å². The highest BCUT2D eigenvalue weighted by atomic mass is 16.4. The first-order valence-electron chi connectivity index (χ1n) is 4.35. The third kappa shape index (κ3) is 16.2. The predicted octanol–water partition coefficient (Wildman–Crippen LogP) is 0.249. The fourth-order valence-corrected chi connectivity index (χ4v) is 0.763. The van der Waals surface area contributed by atoms with E-state index < -0.39 is 5.97 Å². The first-order chi connectivity index (χ1) is 5.35. The van der Waals surface area contributed by atoms with E-state index in [1.54, 1.807) is 0 Å². The Morgan fingerprint density at radius 3 is 1.75 bits per heavy atom. The van der Waals surface area contributed by atoms with E-state index in [1.807, 2.05) is 0 Å². The van der Waals surface area contributed by atoms with Crippen molar-refractivity contribution >= 4 is 5.97 Å². The van der Waals surface area contributed by atoms with Crippen molar-refractivity contribution < 1.29 is 14.4 Å². The van der Waals surface area contributed by atoms with Gasteiger partial charge in [-0.05, 0) is 20.3 Å². The molecule has 12 heavy (non-hydrogen) atoms. The molecule has 0 unspecified atom stereocenters. The van der Waals surface area contributed by atoms with Gasteiger partial charge in [-0.25, -0.2) is 0 Å². The zero-order chi connectivity index (χ0) is 10.2. The highest BCUT2D eigenvalue weighted by Crippen LogP contribution is 1.95. The van der Waals surface area contributed by atoms with Crippen molar-refractivity contribution in [3.05, 3.63) is 0 Å². The molecule has 0 fully saturated rings. The lowest BCUT2D eigenvalue weighted by Crippen LogP contribution is -2.39. The Morgan fingerprint density at radius 2 is 1.67 bits per heavy atom. The zero-order valence-corrected chi connectivity index (χ0v) is 8.89. The van der Waals surface area contributed by atoms with Crippen molar-refractivity contribution in [2.75, 3.05) is 27.2 Å². The fourth-order valence-electron chi connectivity index (χ4n) is 0.763. The molecule has 0 aromatic carbocycles. The van der Waals surface area contributed by atoms with Gasteiger partial charge in [0.1, 0.15) is 0 Å². The number of carboxylic acid groups (broad SMARTS) is 1. The summed E-state index contributed by atoms with van der Waals surface area (Å²) in [5, 5.41) is 8.89. The maximum atomic E-state index is 8.89.